The molecule has 1 aromatic rings. The average Bonchev–Trinajstić information content (AvgIpc) is 2.49. The van der Waals surface area contributed by atoms with Crippen LogP contribution in [0.2, 0.25) is 0 Å². The molecule has 0 amide bonds. The Morgan fingerprint density at radius 3 is 2.55 bits per heavy atom. The van der Waals surface area contributed by atoms with Crippen LogP contribution in [-0.4, -0.2) is 44.4 Å². The Morgan fingerprint density at radius 2 is 1.95 bits per heavy atom. The maximum atomic E-state index is 12.7. The Hall–Kier alpha value is -1.27. The maximum Gasteiger partial charge on any atom is 0.389 e. The molecule has 0 aromatic heterocycles. The first-order valence-corrected chi connectivity index (χ1v) is 7.57. The third-order valence-corrected chi connectivity index (χ3v) is 4.11. The van der Waals surface area contributed by atoms with E-state index < -0.39 is 12.6 Å². The summed E-state index contributed by atoms with van der Waals surface area (Å²) in [6.45, 7) is 5.08. The number of piperazine rings is 1. The van der Waals surface area contributed by atoms with Crippen LogP contribution in [0.15, 0.2) is 18.2 Å². The molecule has 1 aromatic carbocycles. The lowest BCUT2D eigenvalue weighted by Crippen LogP contribution is -2.45. The van der Waals surface area contributed by atoms with E-state index in [0.29, 0.717) is 0 Å². The number of hydrogen-bond acceptors (Lipinski definition) is 3. The van der Waals surface area contributed by atoms with Gasteiger partial charge in [0.25, 0.3) is 0 Å². The minimum Gasteiger partial charge on any atom is -0.496 e. The fourth-order valence-electron chi connectivity index (χ4n) is 2.90. The van der Waals surface area contributed by atoms with E-state index in [-0.39, 0.29) is 12.5 Å². The molecule has 1 heterocycles. The summed E-state index contributed by atoms with van der Waals surface area (Å²) in [4.78, 5) is 2.13. The van der Waals surface area contributed by atoms with Crippen LogP contribution in [0.1, 0.15) is 30.0 Å². The fraction of sp³-hybridized carbons (Fsp3) is 0.625. The molecule has 1 fully saturated rings. The first-order chi connectivity index (χ1) is 10.4. The molecule has 0 radical (unpaired) electrons. The number of ether oxygens (including phenoxy) is 1. The number of alkyl halides is 3. The van der Waals surface area contributed by atoms with Gasteiger partial charge in [-0.2, -0.15) is 13.2 Å². The lowest BCUT2D eigenvalue weighted by molar-refractivity contribution is -0.138. The summed E-state index contributed by atoms with van der Waals surface area (Å²) < 4.78 is 43.3. The Bertz CT molecular complexity index is 485. The van der Waals surface area contributed by atoms with E-state index in [1.54, 1.807) is 7.11 Å². The molecule has 6 heteroatoms. The molecule has 0 aliphatic carbocycles. The molecule has 1 aliphatic heterocycles. The van der Waals surface area contributed by atoms with E-state index in [4.69, 9.17) is 4.74 Å². The fourth-order valence-corrected chi connectivity index (χ4v) is 2.90. The smallest absolute Gasteiger partial charge is 0.389 e. The van der Waals surface area contributed by atoms with E-state index >= 15 is 0 Å². The normalized spacial score (nSPS) is 18.2. The first-order valence-electron chi connectivity index (χ1n) is 7.57. The molecule has 1 aliphatic rings. The average molecular weight is 316 g/mol. The molecule has 0 bridgehead atoms. The molecular weight excluding hydrogens is 293 g/mol. The quantitative estimate of drug-likeness (QED) is 0.902. The van der Waals surface area contributed by atoms with Crippen molar-refractivity contribution in [2.45, 2.75) is 32.0 Å². The van der Waals surface area contributed by atoms with Gasteiger partial charge in [-0.15, -0.1) is 0 Å². The first kappa shape index (κ1) is 17.1. The van der Waals surface area contributed by atoms with Crippen molar-refractivity contribution in [1.82, 2.24) is 10.2 Å². The Balaban J connectivity index is 2.22. The molecule has 0 spiro atoms. The van der Waals surface area contributed by atoms with Crippen molar-refractivity contribution in [1.29, 1.82) is 0 Å². The van der Waals surface area contributed by atoms with E-state index in [1.807, 2.05) is 25.1 Å². The van der Waals surface area contributed by atoms with Gasteiger partial charge < -0.3 is 10.1 Å². The van der Waals surface area contributed by atoms with Gasteiger partial charge in [-0.05, 0) is 30.5 Å². The predicted octanol–water partition coefficient (Wildman–Crippen LogP) is 3.29. The zero-order valence-corrected chi connectivity index (χ0v) is 13.0. The standard InChI is InChI=1S/C16H23F3N2O/c1-12-3-4-13(11-15(12)22-2)14(5-6-16(17,18)19)21-9-7-20-8-10-21/h3-4,11,14,20H,5-10H2,1-2H3/t14-/m1/s1. The Morgan fingerprint density at radius 1 is 1.27 bits per heavy atom. The minimum absolute atomic E-state index is 0.0791. The highest BCUT2D eigenvalue weighted by Crippen LogP contribution is 2.33. The lowest BCUT2D eigenvalue weighted by atomic mass is 9.97. The summed E-state index contributed by atoms with van der Waals surface area (Å²) in [7, 11) is 1.58. The molecule has 1 atom stereocenters. The van der Waals surface area contributed by atoms with Crippen LogP contribution < -0.4 is 10.1 Å². The van der Waals surface area contributed by atoms with Gasteiger partial charge in [0.1, 0.15) is 5.75 Å². The van der Waals surface area contributed by atoms with Crippen LogP contribution in [0.25, 0.3) is 0 Å². The number of methoxy groups -OCH3 is 1. The number of hydrogen-bond donors (Lipinski definition) is 1. The van der Waals surface area contributed by atoms with Crippen molar-refractivity contribution in [2.24, 2.45) is 0 Å². The largest absolute Gasteiger partial charge is 0.496 e. The van der Waals surface area contributed by atoms with Gasteiger partial charge >= 0.3 is 6.18 Å². The molecule has 2 rings (SSSR count). The Kier molecular flexibility index (Phi) is 5.69. The highest BCUT2D eigenvalue weighted by molar-refractivity contribution is 5.38. The van der Waals surface area contributed by atoms with Crippen LogP contribution in [-0.2, 0) is 0 Å². The minimum atomic E-state index is -4.12. The summed E-state index contributed by atoms with van der Waals surface area (Å²) in [5, 5.41) is 3.24. The van der Waals surface area contributed by atoms with Gasteiger partial charge in [-0.3, -0.25) is 4.90 Å². The number of nitrogens with zero attached hydrogens (tertiary/aromatic N) is 1. The number of rotatable bonds is 5. The molecule has 0 unspecified atom stereocenters. The van der Waals surface area contributed by atoms with Crippen LogP contribution in [0.4, 0.5) is 13.2 Å². The molecule has 1 saturated heterocycles. The molecule has 22 heavy (non-hydrogen) atoms. The van der Waals surface area contributed by atoms with Crippen molar-refractivity contribution in [2.75, 3.05) is 33.3 Å². The van der Waals surface area contributed by atoms with Crippen molar-refractivity contribution >= 4 is 0 Å². The third-order valence-electron chi connectivity index (χ3n) is 4.11. The van der Waals surface area contributed by atoms with E-state index in [0.717, 1.165) is 43.1 Å². The van der Waals surface area contributed by atoms with E-state index in [1.165, 1.54) is 0 Å². The van der Waals surface area contributed by atoms with Crippen LogP contribution in [0, 0.1) is 6.92 Å². The summed E-state index contributed by atoms with van der Waals surface area (Å²) in [6.07, 6.45) is -4.81. The van der Waals surface area contributed by atoms with Gasteiger partial charge in [0.15, 0.2) is 0 Å². The molecular formula is C16H23F3N2O. The monoisotopic (exact) mass is 316 g/mol. The zero-order valence-electron chi connectivity index (χ0n) is 13.0. The second-order valence-corrected chi connectivity index (χ2v) is 5.68. The molecule has 3 nitrogen and oxygen atoms in total. The Labute approximate surface area is 129 Å². The topological polar surface area (TPSA) is 24.5 Å². The van der Waals surface area contributed by atoms with Gasteiger partial charge in [-0.25, -0.2) is 0 Å². The SMILES string of the molecule is COc1cc([C@@H](CCC(F)(F)F)N2CCNCC2)ccc1C. The van der Waals surface area contributed by atoms with Crippen molar-refractivity contribution in [3.05, 3.63) is 29.3 Å². The predicted molar refractivity (Wildman–Crippen MR) is 80.2 cm³/mol. The summed E-state index contributed by atoms with van der Waals surface area (Å²) in [5.74, 6) is 0.727. The summed E-state index contributed by atoms with van der Waals surface area (Å²) in [6, 6.07) is 5.48. The number of benzene rings is 1. The highest BCUT2D eigenvalue weighted by Gasteiger charge is 2.31. The van der Waals surface area contributed by atoms with Crippen LogP contribution >= 0.6 is 0 Å². The summed E-state index contributed by atoms with van der Waals surface area (Å²) in [5.41, 5.74) is 1.88. The number of nitrogens with one attached hydrogen (secondary N) is 1. The molecule has 124 valence electrons. The second-order valence-electron chi connectivity index (χ2n) is 5.68. The van der Waals surface area contributed by atoms with Crippen molar-refractivity contribution in [3.63, 3.8) is 0 Å². The van der Waals surface area contributed by atoms with Gasteiger partial charge in [-0.1, -0.05) is 12.1 Å². The van der Waals surface area contributed by atoms with Crippen LogP contribution in [0.3, 0.4) is 0 Å². The zero-order chi connectivity index (χ0) is 16.2. The molecule has 1 N–H and O–H groups in total. The number of halogens is 3. The van der Waals surface area contributed by atoms with Crippen molar-refractivity contribution in [3.8, 4) is 5.75 Å². The maximum absolute atomic E-state index is 12.7. The second kappa shape index (κ2) is 7.33. The third kappa shape index (κ3) is 4.61. The van der Waals surface area contributed by atoms with Crippen molar-refractivity contribution < 1.29 is 17.9 Å². The lowest BCUT2D eigenvalue weighted by Gasteiger charge is -2.35. The number of aryl methyl sites for hydroxylation is 1. The molecule has 0 saturated carbocycles. The van der Waals surface area contributed by atoms with E-state index in [2.05, 4.69) is 10.2 Å². The van der Waals surface area contributed by atoms with Crippen LogP contribution in [0.5, 0.6) is 5.75 Å². The van der Waals surface area contributed by atoms with E-state index in [9.17, 15) is 13.2 Å². The van der Waals surface area contributed by atoms with Gasteiger partial charge in [0.2, 0.25) is 0 Å². The van der Waals surface area contributed by atoms with Gasteiger partial charge in [0.05, 0.1) is 7.11 Å². The highest BCUT2D eigenvalue weighted by atomic mass is 19.4. The van der Waals surface area contributed by atoms with Gasteiger partial charge in [0, 0.05) is 38.6 Å². The summed E-state index contributed by atoms with van der Waals surface area (Å²) >= 11 is 0.